The molecule has 0 atom stereocenters. The van der Waals surface area contributed by atoms with Crippen LogP contribution in [0.1, 0.15) is 16.8 Å². The van der Waals surface area contributed by atoms with Gasteiger partial charge in [0.15, 0.2) is 0 Å². The van der Waals surface area contributed by atoms with Crippen molar-refractivity contribution in [1.82, 2.24) is 14.7 Å². The number of carboxylic acid groups (broad SMARTS) is 1. The molecule has 0 fully saturated rings. The van der Waals surface area contributed by atoms with Crippen molar-refractivity contribution in [3.8, 4) is 5.75 Å². The molecule has 0 aliphatic carbocycles. The molecule has 0 saturated heterocycles. The normalized spacial score (nSPS) is 13.9. The maximum atomic E-state index is 11.0. The number of nitrogens with zero attached hydrogens (tertiary/aromatic N) is 3. The van der Waals surface area contributed by atoms with E-state index in [2.05, 4.69) is 5.10 Å². The van der Waals surface area contributed by atoms with Crippen molar-refractivity contribution in [2.45, 2.75) is 19.6 Å². The standard InChI is InChI=1S/C15H17N3O3/c1-17-13(4-6-16-17)10-21-14-3-2-12-9-18(15(19)20)7-5-11(12)8-14/h2-4,6,8H,5,7,9-10H2,1H3,(H,19,20). The van der Waals surface area contributed by atoms with E-state index in [1.165, 1.54) is 4.90 Å². The molecule has 1 N–H and O–H groups in total. The summed E-state index contributed by atoms with van der Waals surface area (Å²) in [5.74, 6) is 0.804. The fourth-order valence-corrected chi connectivity index (χ4v) is 2.48. The first kappa shape index (κ1) is 13.5. The van der Waals surface area contributed by atoms with Crippen molar-refractivity contribution in [1.29, 1.82) is 0 Å². The van der Waals surface area contributed by atoms with Gasteiger partial charge in [-0.25, -0.2) is 4.79 Å². The predicted octanol–water partition coefficient (Wildman–Crippen LogP) is 2.04. The summed E-state index contributed by atoms with van der Waals surface area (Å²) >= 11 is 0. The molecule has 1 aromatic carbocycles. The van der Waals surface area contributed by atoms with Gasteiger partial charge in [0.1, 0.15) is 12.4 Å². The quantitative estimate of drug-likeness (QED) is 0.938. The van der Waals surface area contributed by atoms with Gasteiger partial charge in [-0.3, -0.25) is 4.68 Å². The van der Waals surface area contributed by atoms with Gasteiger partial charge in [-0.15, -0.1) is 0 Å². The molecule has 0 saturated carbocycles. The number of hydrogen-bond acceptors (Lipinski definition) is 3. The molecule has 0 bridgehead atoms. The van der Waals surface area contributed by atoms with Crippen LogP contribution in [0.2, 0.25) is 0 Å². The van der Waals surface area contributed by atoms with Crippen molar-refractivity contribution >= 4 is 6.09 Å². The Balaban J connectivity index is 1.69. The number of aryl methyl sites for hydroxylation is 1. The van der Waals surface area contributed by atoms with Gasteiger partial charge in [0.05, 0.1) is 5.69 Å². The first-order valence-electron chi connectivity index (χ1n) is 6.83. The topological polar surface area (TPSA) is 67.6 Å². The Morgan fingerprint density at radius 3 is 2.95 bits per heavy atom. The Hall–Kier alpha value is -2.50. The van der Waals surface area contributed by atoms with Crippen molar-refractivity contribution < 1.29 is 14.6 Å². The van der Waals surface area contributed by atoms with Crippen LogP contribution < -0.4 is 4.74 Å². The largest absolute Gasteiger partial charge is 0.487 e. The van der Waals surface area contributed by atoms with Crippen LogP contribution in [-0.4, -0.2) is 32.4 Å². The number of carbonyl (C=O) groups is 1. The van der Waals surface area contributed by atoms with Gasteiger partial charge in [-0.1, -0.05) is 6.07 Å². The molecule has 6 heteroatoms. The molecule has 0 spiro atoms. The number of rotatable bonds is 3. The summed E-state index contributed by atoms with van der Waals surface area (Å²) in [4.78, 5) is 12.4. The molecule has 110 valence electrons. The number of fused-ring (bicyclic) bond motifs is 1. The molecule has 1 amide bonds. The summed E-state index contributed by atoms with van der Waals surface area (Å²) in [6, 6.07) is 7.76. The van der Waals surface area contributed by atoms with Crippen LogP contribution in [0.25, 0.3) is 0 Å². The van der Waals surface area contributed by atoms with Crippen molar-refractivity contribution in [2.75, 3.05) is 6.54 Å². The summed E-state index contributed by atoms with van der Waals surface area (Å²) in [7, 11) is 1.88. The van der Waals surface area contributed by atoms with E-state index in [9.17, 15) is 4.79 Å². The summed E-state index contributed by atoms with van der Waals surface area (Å²) < 4.78 is 7.56. The summed E-state index contributed by atoms with van der Waals surface area (Å²) in [6.45, 7) is 1.46. The Labute approximate surface area is 122 Å². The average molecular weight is 287 g/mol. The van der Waals surface area contributed by atoms with Gasteiger partial charge in [0, 0.05) is 26.3 Å². The lowest BCUT2D eigenvalue weighted by Gasteiger charge is -2.26. The average Bonchev–Trinajstić information content (AvgIpc) is 2.89. The molecule has 1 aliphatic rings. The molecular formula is C15H17N3O3. The highest BCUT2D eigenvalue weighted by Gasteiger charge is 2.20. The van der Waals surface area contributed by atoms with Crippen LogP contribution in [0.4, 0.5) is 4.79 Å². The van der Waals surface area contributed by atoms with Crippen LogP contribution in [0.15, 0.2) is 30.5 Å². The van der Waals surface area contributed by atoms with Crippen molar-refractivity contribution in [3.05, 3.63) is 47.3 Å². The summed E-state index contributed by atoms with van der Waals surface area (Å²) in [6.07, 6.45) is 1.61. The van der Waals surface area contributed by atoms with Gasteiger partial charge in [-0.2, -0.15) is 5.10 Å². The third kappa shape index (κ3) is 2.84. The lowest BCUT2D eigenvalue weighted by molar-refractivity contribution is 0.140. The zero-order valence-corrected chi connectivity index (χ0v) is 11.8. The van der Waals surface area contributed by atoms with Crippen LogP contribution in [0, 0.1) is 0 Å². The SMILES string of the molecule is Cn1nccc1COc1ccc2c(c1)CCN(C(=O)O)C2. The van der Waals surface area contributed by atoms with E-state index in [0.29, 0.717) is 19.7 Å². The number of hydrogen-bond donors (Lipinski definition) is 1. The van der Waals surface area contributed by atoms with Crippen molar-refractivity contribution in [2.24, 2.45) is 7.05 Å². The zero-order valence-electron chi connectivity index (χ0n) is 11.8. The van der Waals surface area contributed by atoms with E-state index < -0.39 is 6.09 Å². The molecule has 6 nitrogen and oxygen atoms in total. The summed E-state index contributed by atoms with van der Waals surface area (Å²) in [5.41, 5.74) is 3.22. The van der Waals surface area contributed by atoms with Gasteiger partial charge in [0.2, 0.25) is 0 Å². The highest BCUT2D eigenvalue weighted by Crippen LogP contribution is 2.24. The first-order valence-corrected chi connectivity index (χ1v) is 6.83. The number of ether oxygens (including phenoxy) is 1. The second kappa shape index (κ2) is 5.47. The fraction of sp³-hybridized carbons (Fsp3) is 0.333. The number of aromatic nitrogens is 2. The second-order valence-electron chi connectivity index (χ2n) is 5.12. The molecule has 2 aromatic rings. The van der Waals surface area contributed by atoms with Gasteiger partial charge in [0.25, 0.3) is 0 Å². The summed E-state index contributed by atoms with van der Waals surface area (Å²) in [5, 5.41) is 13.1. The van der Waals surface area contributed by atoms with Crippen molar-refractivity contribution in [3.63, 3.8) is 0 Å². The molecule has 21 heavy (non-hydrogen) atoms. The zero-order chi connectivity index (χ0) is 14.8. The van der Waals surface area contributed by atoms with E-state index >= 15 is 0 Å². The third-order valence-electron chi connectivity index (χ3n) is 3.77. The lowest BCUT2D eigenvalue weighted by Crippen LogP contribution is -2.34. The Kier molecular flexibility index (Phi) is 3.51. The molecular weight excluding hydrogens is 270 g/mol. The fourth-order valence-electron chi connectivity index (χ4n) is 2.48. The molecule has 0 radical (unpaired) electrons. The molecule has 0 unspecified atom stereocenters. The molecule has 1 aliphatic heterocycles. The smallest absolute Gasteiger partial charge is 0.407 e. The van der Waals surface area contributed by atoms with Crippen LogP contribution in [-0.2, 0) is 26.6 Å². The molecule has 2 heterocycles. The molecule has 3 rings (SSSR count). The van der Waals surface area contributed by atoms with Crippen LogP contribution in [0.3, 0.4) is 0 Å². The Morgan fingerprint density at radius 1 is 1.38 bits per heavy atom. The van der Waals surface area contributed by atoms with Gasteiger partial charge < -0.3 is 14.7 Å². The van der Waals surface area contributed by atoms with E-state index in [4.69, 9.17) is 9.84 Å². The van der Waals surface area contributed by atoms with E-state index in [0.717, 1.165) is 29.0 Å². The van der Waals surface area contributed by atoms with Gasteiger partial charge in [-0.05, 0) is 35.7 Å². The maximum absolute atomic E-state index is 11.0. The highest BCUT2D eigenvalue weighted by atomic mass is 16.5. The van der Waals surface area contributed by atoms with Crippen LogP contribution >= 0.6 is 0 Å². The first-order chi connectivity index (χ1) is 10.1. The minimum absolute atomic E-state index is 0.451. The van der Waals surface area contributed by atoms with Crippen LogP contribution in [0.5, 0.6) is 5.75 Å². The van der Waals surface area contributed by atoms with E-state index in [1.54, 1.807) is 10.9 Å². The molecule has 1 aromatic heterocycles. The van der Waals surface area contributed by atoms with E-state index in [1.807, 2.05) is 31.3 Å². The minimum Gasteiger partial charge on any atom is -0.487 e. The van der Waals surface area contributed by atoms with Gasteiger partial charge >= 0.3 is 6.09 Å². The highest BCUT2D eigenvalue weighted by molar-refractivity contribution is 5.65. The van der Waals surface area contributed by atoms with E-state index in [-0.39, 0.29) is 0 Å². The third-order valence-corrected chi connectivity index (χ3v) is 3.77. The number of amides is 1. The Morgan fingerprint density at radius 2 is 2.24 bits per heavy atom. The maximum Gasteiger partial charge on any atom is 0.407 e. The Bertz CT molecular complexity index is 666. The number of benzene rings is 1. The lowest BCUT2D eigenvalue weighted by atomic mass is 10.00. The second-order valence-corrected chi connectivity index (χ2v) is 5.12. The minimum atomic E-state index is -0.864. The monoisotopic (exact) mass is 287 g/mol. The predicted molar refractivity (Wildman–Crippen MR) is 76.1 cm³/mol.